The van der Waals surface area contributed by atoms with Gasteiger partial charge in [-0.25, -0.2) is 4.39 Å². The Balaban J connectivity index is 1.84. The van der Waals surface area contributed by atoms with Gasteiger partial charge < -0.3 is 4.74 Å². The standard InChI is InChI=1S/C22H21FN4O2S/c1-3-4-13-30-22-24-20-19(25-26-22)17-7-5-6-8-18(17)27(14(2)28)21(29-20)15-9-11-16(23)12-10-15/h5-12,21H,3-4,13H2,1-2H3/t21-/m0/s1. The van der Waals surface area contributed by atoms with Crippen LogP contribution >= 0.6 is 11.8 Å². The molecule has 0 aliphatic carbocycles. The number of hydrogen-bond donors (Lipinski definition) is 0. The summed E-state index contributed by atoms with van der Waals surface area (Å²) in [5.74, 6) is 0.611. The molecule has 4 rings (SSSR count). The minimum absolute atomic E-state index is 0.213. The molecule has 1 aromatic heterocycles. The summed E-state index contributed by atoms with van der Waals surface area (Å²) in [6.07, 6.45) is 1.32. The first kappa shape index (κ1) is 20.3. The Hall–Kier alpha value is -3.00. The van der Waals surface area contributed by atoms with Crippen LogP contribution in [0.1, 0.15) is 38.5 Å². The van der Waals surface area contributed by atoms with Gasteiger partial charge >= 0.3 is 0 Å². The highest BCUT2D eigenvalue weighted by Crippen LogP contribution is 2.43. The lowest BCUT2D eigenvalue weighted by Crippen LogP contribution is -2.36. The number of hydrogen-bond acceptors (Lipinski definition) is 6. The molecule has 3 aromatic rings. The molecule has 0 fully saturated rings. The lowest BCUT2D eigenvalue weighted by atomic mass is 10.1. The number of fused-ring (bicyclic) bond motifs is 3. The number of amides is 1. The van der Waals surface area contributed by atoms with Crippen molar-refractivity contribution < 1.29 is 13.9 Å². The van der Waals surface area contributed by atoms with Gasteiger partial charge in [0.1, 0.15) is 5.82 Å². The fraction of sp³-hybridized carbons (Fsp3) is 0.273. The topological polar surface area (TPSA) is 68.2 Å². The molecule has 1 aliphatic heterocycles. The highest BCUT2D eigenvalue weighted by atomic mass is 32.2. The molecule has 2 heterocycles. The zero-order chi connectivity index (χ0) is 21.1. The summed E-state index contributed by atoms with van der Waals surface area (Å²) in [5, 5.41) is 9.15. The van der Waals surface area contributed by atoms with E-state index in [2.05, 4.69) is 22.1 Å². The van der Waals surface area contributed by atoms with Crippen LogP contribution < -0.4 is 9.64 Å². The smallest absolute Gasteiger partial charge is 0.247 e. The number of anilines is 1. The molecule has 2 aromatic carbocycles. The van der Waals surface area contributed by atoms with Crippen molar-refractivity contribution in [2.45, 2.75) is 38.1 Å². The molecule has 30 heavy (non-hydrogen) atoms. The van der Waals surface area contributed by atoms with Crippen LogP contribution in [-0.2, 0) is 4.79 Å². The number of nitrogens with zero attached hydrogens (tertiary/aromatic N) is 4. The molecular weight excluding hydrogens is 403 g/mol. The molecule has 1 atom stereocenters. The predicted octanol–water partition coefficient (Wildman–Crippen LogP) is 5.01. The van der Waals surface area contributed by atoms with Gasteiger partial charge in [-0.1, -0.05) is 55.4 Å². The zero-order valence-corrected chi connectivity index (χ0v) is 17.5. The maximum Gasteiger partial charge on any atom is 0.247 e. The normalized spacial score (nSPS) is 15.0. The maximum absolute atomic E-state index is 13.5. The second kappa shape index (κ2) is 8.79. The first-order valence-corrected chi connectivity index (χ1v) is 10.8. The number of ether oxygens (including phenoxy) is 1. The molecule has 0 spiro atoms. The minimum Gasteiger partial charge on any atom is -0.447 e. The van der Waals surface area contributed by atoms with Crippen molar-refractivity contribution in [3.05, 3.63) is 59.9 Å². The maximum atomic E-state index is 13.5. The number of halogens is 1. The van der Waals surface area contributed by atoms with Gasteiger partial charge in [-0.2, -0.15) is 4.98 Å². The molecule has 0 N–H and O–H groups in total. The van der Waals surface area contributed by atoms with Gasteiger partial charge in [0.15, 0.2) is 5.69 Å². The molecule has 0 radical (unpaired) electrons. The number of aromatic nitrogens is 3. The highest BCUT2D eigenvalue weighted by molar-refractivity contribution is 7.99. The van der Waals surface area contributed by atoms with Crippen LogP contribution in [-0.4, -0.2) is 26.8 Å². The van der Waals surface area contributed by atoms with Crippen LogP contribution in [0, 0.1) is 5.82 Å². The van der Waals surface area contributed by atoms with Gasteiger partial charge in [-0.3, -0.25) is 9.69 Å². The lowest BCUT2D eigenvalue weighted by Gasteiger charge is -2.29. The van der Waals surface area contributed by atoms with Crippen LogP contribution in [0.5, 0.6) is 5.88 Å². The lowest BCUT2D eigenvalue weighted by molar-refractivity contribution is -0.118. The van der Waals surface area contributed by atoms with Gasteiger partial charge in [0, 0.05) is 23.8 Å². The molecule has 0 saturated heterocycles. The van der Waals surface area contributed by atoms with Crippen molar-refractivity contribution in [2.24, 2.45) is 0 Å². The molecule has 0 unspecified atom stereocenters. The van der Waals surface area contributed by atoms with Crippen molar-refractivity contribution in [3.63, 3.8) is 0 Å². The highest BCUT2D eigenvalue weighted by Gasteiger charge is 2.34. The number of carbonyl (C=O) groups is 1. The third kappa shape index (κ3) is 4.00. The molecule has 1 aliphatic rings. The Bertz CT molecular complexity index is 1060. The third-order valence-electron chi connectivity index (χ3n) is 4.74. The van der Waals surface area contributed by atoms with E-state index in [4.69, 9.17) is 4.74 Å². The van der Waals surface area contributed by atoms with Gasteiger partial charge in [-0.05, 0) is 24.6 Å². The van der Waals surface area contributed by atoms with Crippen LogP contribution in [0.25, 0.3) is 11.3 Å². The number of thioether (sulfide) groups is 1. The quantitative estimate of drug-likeness (QED) is 0.423. The fourth-order valence-electron chi connectivity index (χ4n) is 3.27. The fourth-order valence-corrected chi connectivity index (χ4v) is 4.13. The van der Waals surface area contributed by atoms with E-state index < -0.39 is 6.23 Å². The summed E-state index contributed by atoms with van der Waals surface area (Å²) in [5.41, 5.74) is 2.45. The summed E-state index contributed by atoms with van der Waals surface area (Å²) in [6, 6.07) is 13.3. The Morgan fingerprint density at radius 2 is 1.93 bits per heavy atom. The molecule has 6 nitrogen and oxygen atoms in total. The van der Waals surface area contributed by atoms with Gasteiger partial charge in [0.25, 0.3) is 0 Å². The van der Waals surface area contributed by atoms with Crippen LogP contribution in [0.4, 0.5) is 10.1 Å². The largest absolute Gasteiger partial charge is 0.447 e. The van der Waals surface area contributed by atoms with E-state index in [0.29, 0.717) is 33.5 Å². The van der Waals surface area contributed by atoms with Crippen LogP contribution in [0.3, 0.4) is 0 Å². The van der Waals surface area contributed by atoms with E-state index >= 15 is 0 Å². The molecule has 0 saturated carbocycles. The number of unbranched alkanes of at least 4 members (excludes halogenated alkanes) is 1. The number of para-hydroxylation sites is 1. The Kier molecular flexibility index (Phi) is 5.94. The average molecular weight is 425 g/mol. The van der Waals surface area contributed by atoms with E-state index in [-0.39, 0.29) is 11.7 Å². The molecule has 154 valence electrons. The molecular formula is C22H21FN4O2S. The SMILES string of the molecule is CCCCSc1nnc2c(n1)O[C@@H](c1ccc(F)cc1)N(C(C)=O)c1ccccc1-2. The van der Waals surface area contributed by atoms with E-state index in [9.17, 15) is 9.18 Å². The molecule has 1 amide bonds. The second-order valence-electron chi connectivity index (χ2n) is 6.88. The Morgan fingerprint density at radius 3 is 2.67 bits per heavy atom. The van der Waals surface area contributed by atoms with E-state index in [1.807, 2.05) is 24.3 Å². The number of carbonyl (C=O) groups excluding carboxylic acids is 1. The summed E-state index contributed by atoms with van der Waals surface area (Å²) in [7, 11) is 0. The van der Waals surface area contributed by atoms with E-state index in [1.165, 1.54) is 35.7 Å². The number of rotatable bonds is 5. The first-order valence-electron chi connectivity index (χ1n) is 9.77. The van der Waals surface area contributed by atoms with Crippen molar-refractivity contribution in [3.8, 4) is 17.1 Å². The summed E-state index contributed by atoms with van der Waals surface area (Å²) >= 11 is 1.52. The first-order chi connectivity index (χ1) is 14.6. The van der Waals surface area contributed by atoms with Crippen LogP contribution in [0.15, 0.2) is 53.7 Å². The predicted molar refractivity (Wildman–Crippen MR) is 114 cm³/mol. The molecule has 0 bridgehead atoms. The minimum atomic E-state index is -0.810. The summed E-state index contributed by atoms with van der Waals surface area (Å²) in [4.78, 5) is 18.8. The summed E-state index contributed by atoms with van der Waals surface area (Å²) in [6.45, 7) is 3.60. The zero-order valence-electron chi connectivity index (χ0n) is 16.7. The van der Waals surface area contributed by atoms with Crippen molar-refractivity contribution >= 4 is 23.4 Å². The van der Waals surface area contributed by atoms with Crippen molar-refractivity contribution in [1.82, 2.24) is 15.2 Å². The van der Waals surface area contributed by atoms with Crippen molar-refractivity contribution in [1.29, 1.82) is 0 Å². The van der Waals surface area contributed by atoms with Gasteiger partial charge in [0.05, 0.1) is 5.69 Å². The Labute approximate surface area is 178 Å². The van der Waals surface area contributed by atoms with Gasteiger partial charge in [0.2, 0.25) is 23.2 Å². The average Bonchev–Trinajstić information content (AvgIpc) is 2.89. The summed E-state index contributed by atoms with van der Waals surface area (Å²) < 4.78 is 19.8. The van der Waals surface area contributed by atoms with E-state index in [0.717, 1.165) is 18.6 Å². The van der Waals surface area contributed by atoms with Crippen LogP contribution in [0.2, 0.25) is 0 Å². The van der Waals surface area contributed by atoms with E-state index in [1.54, 1.807) is 12.1 Å². The van der Waals surface area contributed by atoms with Gasteiger partial charge in [-0.15, -0.1) is 10.2 Å². The number of benzene rings is 2. The Morgan fingerprint density at radius 1 is 1.17 bits per heavy atom. The monoisotopic (exact) mass is 424 g/mol. The second-order valence-corrected chi connectivity index (χ2v) is 7.94. The van der Waals surface area contributed by atoms with Crippen molar-refractivity contribution in [2.75, 3.05) is 10.7 Å². The molecule has 8 heteroatoms. The third-order valence-corrected chi connectivity index (χ3v) is 5.66.